The molecule has 0 spiro atoms. The smallest absolute Gasteiger partial charge is 0.241 e. The molecular formula is C28H35F2N5O. The number of carbonyl (C=O) groups is 1. The summed E-state index contributed by atoms with van der Waals surface area (Å²) < 4.78 is 27.8. The predicted octanol–water partition coefficient (Wildman–Crippen LogP) is 4.71. The molecule has 0 radical (unpaired) electrons. The summed E-state index contributed by atoms with van der Waals surface area (Å²) in [7, 11) is 2.01. The van der Waals surface area contributed by atoms with Gasteiger partial charge in [0.25, 0.3) is 0 Å². The summed E-state index contributed by atoms with van der Waals surface area (Å²) in [6, 6.07) is 8.36. The topological polar surface area (TPSA) is 54.3 Å². The molecule has 2 saturated heterocycles. The Hall–Kier alpha value is -2.71. The van der Waals surface area contributed by atoms with E-state index in [1.165, 1.54) is 25.0 Å². The summed E-state index contributed by atoms with van der Waals surface area (Å²) in [5.74, 6) is -0.461. The van der Waals surface area contributed by atoms with E-state index in [0.29, 0.717) is 32.5 Å². The molecule has 0 aliphatic carbocycles. The number of rotatable bonds is 8. The van der Waals surface area contributed by atoms with Gasteiger partial charge in [-0.2, -0.15) is 5.10 Å². The maximum Gasteiger partial charge on any atom is 0.241 e. The first-order valence-electron chi connectivity index (χ1n) is 13.1. The maximum absolute atomic E-state index is 12.9. The summed E-state index contributed by atoms with van der Waals surface area (Å²) >= 11 is 0. The van der Waals surface area contributed by atoms with Crippen LogP contribution in [-0.4, -0.2) is 69.5 Å². The third-order valence-corrected chi connectivity index (χ3v) is 7.74. The molecule has 36 heavy (non-hydrogen) atoms. The van der Waals surface area contributed by atoms with Gasteiger partial charge in [0.1, 0.15) is 0 Å². The number of likely N-dealkylation sites (tertiary alicyclic amines) is 2. The molecule has 0 unspecified atom stereocenters. The van der Waals surface area contributed by atoms with Crippen molar-refractivity contribution in [2.45, 2.75) is 51.5 Å². The van der Waals surface area contributed by atoms with Crippen LogP contribution in [0.3, 0.4) is 0 Å². The average Bonchev–Trinajstić information content (AvgIpc) is 3.24. The summed E-state index contributed by atoms with van der Waals surface area (Å²) in [5, 5.41) is 6.64. The van der Waals surface area contributed by atoms with Gasteiger partial charge in [-0.3, -0.25) is 24.3 Å². The first kappa shape index (κ1) is 25.0. The second-order valence-electron chi connectivity index (χ2n) is 10.4. The number of fused-ring (bicyclic) bond motifs is 1. The van der Waals surface area contributed by atoms with Crippen molar-refractivity contribution in [3.63, 3.8) is 0 Å². The van der Waals surface area contributed by atoms with Gasteiger partial charge in [0.05, 0.1) is 24.9 Å². The third kappa shape index (κ3) is 5.81. The number of ketones is 1. The van der Waals surface area contributed by atoms with Gasteiger partial charge >= 0.3 is 0 Å². The molecule has 0 bridgehead atoms. The second kappa shape index (κ2) is 11.1. The SMILES string of the molecule is Cn1ncc(-c2ccc3cnc(CC(=O)CN4CCC(C(F)F)CC4)cc3c2)c1CN1CCCCC1. The van der Waals surface area contributed by atoms with Gasteiger partial charge in [0.15, 0.2) is 5.78 Å². The molecule has 0 atom stereocenters. The highest BCUT2D eigenvalue weighted by Gasteiger charge is 2.27. The van der Waals surface area contributed by atoms with Crippen molar-refractivity contribution >= 4 is 16.6 Å². The number of halogens is 2. The lowest BCUT2D eigenvalue weighted by Crippen LogP contribution is -2.39. The number of aromatic nitrogens is 3. The molecule has 8 heteroatoms. The minimum atomic E-state index is -2.26. The van der Waals surface area contributed by atoms with Crippen LogP contribution in [0.1, 0.15) is 43.5 Å². The highest BCUT2D eigenvalue weighted by Crippen LogP contribution is 2.29. The lowest BCUT2D eigenvalue weighted by molar-refractivity contribution is -0.120. The Morgan fingerprint density at radius 3 is 2.53 bits per heavy atom. The average molecular weight is 496 g/mol. The molecule has 2 fully saturated rings. The first-order valence-corrected chi connectivity index (χ1v) is 13.1. The van der Waals surface area contributed by atoms with Crippen molar-refractivity contribution in [1.29, 1.82) is 0 Å². The lowest BCUT2D eigenvalue weighted by atomic mass is 9.97. The molecule has 2 aromatic heterocycles. The number of Topliss-reactive ketones (excluding diaryl/α,β-unsaturated/α-hetero) is 1. The Kier molecular flexibility index (Phi) is 7.72. The van der Waals surface area contributed by atoms with Crippen molar-refractivity contribution < 1.29 is 13.6 Å². The van der Waals surface area contributed by atoms with E-state index < -0.39 is 12.3 Å². The van der Waals surface area contributed by atoms with Crippen LogP contribution in [0.4, 0.5) is 8.78 Å². The minimum Gasteiger partial charge on any atom is -0.298 e. The lowest BCUT2D eigenvalue weighted by Gasteiger charge is -2.30. The van der Waals surface area contributed by atoms with Gasteiger partial charge in [-0.25, -0.2) is 8.78 Å². The molecule has 2 aliphatic rings. The van der Waals surface area contributed by atoms with Crippen molar-refractivity contribution in [3.05, 3.63) is 48.0 Å². The number of benzene rings is 1. The monoisotopic (exact) mass is 495 g/mol. The highest BCUT2D eigenvalue weighted by molar-refractivity contribution is 5.89. The molecular weight excluding hydrogens is 460 g/mol. The normalized spacial score (nSPS) is 18.3. The highest BCUT2D eigenvalue weighted by atomic mass is 19.3. The largest absolute Gasteiger partial charge is 0.298 e. The molecule has 0 saturated carbocycles. The summed E-state index contributed by atoms with van der Waals surface area (Å²) in [4.78, 5) is 21.7. The fraction of sp³-hybridized carbons (Fsp3) is 0.536. The quantitative estimate of drug-likeness (QED) is 0.453. The Morgan fingerprint density at radius 2 is 1.78 bits per heavy atom. The molecule has 2 aliphatic heterocycles. The van der Waals surface area contributed by atoms with E-state index in [-0.39, 0.29) is 12.2 Å². The number of carbonyl (C=O) groups excluding carboxylic acids is 1. The van der Waals surface area contributed by atoms with Crippen molar-refractivity contribution in [3.8, 4) is 11.1 Å². The number of alkyl halides is 2. The van der Waals surface area contributed by atoms with Crippen LogP contribution >= 0.6 is 0 Å². The zero-order valence-corrected chi connectivity index (χ0v) is 21.0. The molecule has 1 aromatic carbocycles. The number of hydrogen-bond donors (Lipinski definition) is 0. The van der Waals surface area contributed by atoms with Crippen molar-refractivity contribution in [2.24, 2.45) is 13.0 Å². The van der Waals surface area contributed by atoms with Crippen LogP contribution in [0, 0.1) is 5.92 Å². The molecule has 6 nitrogen and oxygen atoms in total. The van der Waals surface area contributed by atoms with E-state index in [1.807, 2.05) is 35.1 Å². The van der Waals surface area contributed by atoms with Crippen LogP contribution in [0.5, 0.6) is 0 Å². The van der Waals surface area contributed by atoms with Gasteiger partial charge in [0.2, 0.25) is 6.43 Å². The molecule has 0 N–H and O–H groups in total. The van der Waals surface area contributed by atoms with Gasteiger partial charge in [0, 0.05) is 42.4 Å². The zero-order chi connectivity index (χ0) is 25.1. The molecule has 0 amide bonds. The Morgan fingerprint density at radius 1 is 1.00 bits per heavy atom. The minimum absolute atomic E-state index is 0.0737. The van der Waals surface area contributed by atoms with E-state index >= 15 is 0 Å². The first-order chi connectivity index (χ1) is 17.5. The molecule has 3 aromatic rings. The van der Waals surface area contributed by atoms with E-state index in [0.717, 1.165) is 47.2 Å². The maximum atomic E-state index is 12.9. The number of aryl methyl sites for hydroxylation is 1. The van der Waals surface area contributed by atoms with Gasteiger partial charge in [-0.05, 0) is 74.9 Å². The van der Waals surface area contributed by atoms with Crippen molar-refractivity contribution in [2.75, 3.05) is 32.7 Å². The third-order valence-electron chi connectivity index (χ3n) is 7.74. The fourth-order valence-electron chi connectivity index (χ4n) is 5.54. The second-order valence-corrected chi connectivity index (χ2v) is 10.4. The summed E-state index contributed by atoms with van der Waals surface area (Å²) in [6.07, 6.45) is 6.50. The zero-order valence-electron chi connectivity index (χ0n) is 21.0. The van der Waals surface area contributed by atoms with Crippen LogP contribution in [0.25, 0.3) is 21.9 Å². The molecule has 5 rings (SSSR count). The van der Waals surface area contributed by atoms with Crippen LogP contribution < -0.4 is 0 Å². The van der Waals surface area contributed by atoms with Gasteiger partial charge in [-0.15, -0.1) is 0 Å². The summed E-state index contributed by atoms with van der Waals surface area (Å²) in [5.41, 5.74) is 4.22. The van der Waals surface area contributed by atoms with E-state index in [1.54, 1.807) is 0 Å². The molecule has 192 valence electrons. The van der Waals surface area contributed by atoms with E-state index in [2.05, 4.69) is 33.2 Å². The van der Waals surface area contributed by atoms with Crippen molar-refractivity contribution in [1.82, 2.24) is 24.6 Å². The van der Waals surface area contributed by atoms with Gasteiger partial charge in [-0.1, -0.05) is 18.6 Å². The van der Waals surface area contributed by atoms with Crippen LogP contribution in [0.2, 0.25) is 0 Å². The Labute approximate surface area is 211 Å². The number of pyridine rings is 1. The summed E-state index contributed by atoms with van der Waals surface area (Å²) in [6.45, 7) is 4.57. The number of nitrogens with zero attached hydrogens (tertiary/aromatic N) is 5. The Balaban J connectivity index is 1.28. The van der Waals surface area contributed by atoms with E-state index in [9.17, 15) is 13.6 Å². The number of piperidine rings is 2. The van der Waals surface area contributed by atoms with E-state index in [4.69, 9.17) is 0 Å². The predicted molar refractivity (Wildman–Crippen MR) is 137 cm³/mol. The molecule has 4 heterocycles. The van der Waals surface area contributed by atoms with Crippen LogP contribution in [0.15, 0.2) is 36.7 Å². The standard InChI is InChI=1S/C28H35F2N5O/c1-33-27(19-34-9-3-2-4-10-34)26(17-32-33)21-5-6-22-16-31-24(14-23(22)13-21)15-25(36)18-35-11-7-20(8-12-35)28(29)30/h5-6,13-14,16-17,20,28H,2-4,7-12,15,18-19H2,1H3. The van der Waals surface area contributed by atoms with Crippen LogP contribution in [-0.2, 0) is 24.8 Å². The Bertz CT molecular complexity index is 1200. The fourth-order valence-corrected chi connectivity index (χ4v) is 5.54. The van der Waals surface area contributed by atoms with Gasteiger partial charge < -0.3 is 0 Å². The number of hydrogen-bond acceptors (Lipinski definition) is 5.